The maximum absolute atomic E-state index is 13.4. The number of halogens is 1. The summed E-state index contributed by atoms with van der Waals surface area (Å²) in [5.41, 5.74) is 1.05. The highest BCUT2D eigenvalue weighted by Gasteiger charge is 2.46. The second-order valence-corrected chi connectivity index (χ2v) is 9.70. The Kier molecular flexibility index (Phi) is 6.92. The first-order valence-electron chi connectivity index (χ1n) is 11.7. The standard InChI is InChI=1S/C24H35FN4O2/c1-17(2)14-28(15-18-3-7-20(25)8-4-18)21-13-22(24(31)27-11-9-26-10-12-27)29(16-21)23(30)19-5-6-19/h3-4,7-8,17,19,21-22,26H,5-6,9-16H2,1-2H3. The predicted octanol–water partition coefficient (Wildman–Crippen LogP) is 2.09. The van der Waals surface area contributed by atoms with Crippen molar-refractivity contribution < 1.29 is 14.0 Å². The highest BCUT2D eigenvalue weighted by Crippen LogP contribution is 2.35. The first kappa shape index (κ1) is 22.2. The number of hydrogen-bond acceptors (Lipinski definition) is 4. The minimum absolute atomic E-state index is 0.101. The van der Waals surface area contributed by atoms with Crippen molar-refractivity contribution >= 4 is 11.8 Å². The van der Waals surface area contributed by atoms with Gasteiger partial charge in [-0.2, -0.15) is 0 Å². The SMILES string of the molecule is CC(C)CN(Cc1ccc(F)cc1)C1CC(C(=O)N2CCNCC2)N(C(=O)C2CC2)C1. The molecule has 1 aromatic carbocycles. The maximum Gasteiger partial charge on any atom is 0.245 e. The summed E-state index contributed by atoms with van der Waals surface area (Å²) in [6, 6.07) is 6.42. The van der Waals surface area contributed by atoms with Crippen LogP contribution >= 0.6 is 0 Å². The first-order chi connectivity index (χ1) is 14.9. The number of rotatable bonds is 7. The molecule has 0 bridgehead atoms. The second-order valence-electron chi connectivity index (χ2n) is 9.70. The molecule has 1 aromatic rings. The average Bonchev–Trinajstić information content (AvgIpc) is 3.52. The Labute approximate surface area is 184 Å². The van der Waals surface area contributed by atoms with Crippen LogP contribution in [0.4, 0.5) is 4.39 Å². The number of nitrogens with zero attached hydrogens (tertiary/aromatic N) is 3. The van der Waals surface area contributed by atoms with E-state index < -0.39 is 0 Å². The van der Waals surface area contributed by atoms with E-state index in [0.717, 1.165) is 38.0 Å². The lowest BCUT2D eigenvalue weighted by Crippen LogP contribution is -2.53. The van der Waals surface area contributed by atoms with Gasteiger partial charge in [-0.25, -0.2) is 4.39 Å². The zero-order valence-corrected chi connectivity index (χ0v) is 18.7. The van der Waals surface area contributed by atoms with Gasteiger partial charge in [0, 0.05) is 57.8 Å². The van der Waals surface area contributed by atoms with E-state index >= 15 is 0 Å². The van der Waals surface area contributed by atoms with Gasteiger partial charge in [-0.3, -0.25) is 14.5 Å². The van der Waals surface area contributed by atoms with E-state index in [9.17, 15) is 14.0 Å². The van der Waals surface area contributed by atoms with Crippen LogP contribution in [0.15, 0.2) is 24.3 Å². The molecule has 6 nitrogen and oxygen atoms in total. The Bertz CT molecular complexity index is 774. The zero-order valence-electron chi connectivity index (χ0n) is 18.7. The topological polar surface area (TPSA) is 55.9 Å². The van der Waals surface area contributed by atoms with Crippen molar-refractivity contribution in [3.63, 3.8) is 0 Å². The number of carbonyl (C=O) groups excluding carboxylic acids is 2. The van der Waals surface area contributed by atoms with Crippen LogP contribution in [0.25, 0.3) is 0 Å². The number of benzene rings is 1. The summed E-state index contributed by atoms with van der Waals surface area (Å²) in [6.07, 6.45) is 2.56. The van der Waals surface area contributed by atoms with Gasteiger partial charge in [0.25, 0.3) is 0 Å². The number of piperazine rings is 1. The van der Waals surface area contributed by atoms with Crippen LogP contribution in [-0.2, 0) is 16.1 Å². The summed E-state index contributed by atoms with van der Waals surface area (Å²) in [5, 5.41) is 3.29. The summed E-state index contributed by atoms with van der Waals surface area (Å²) >= 11 is 0. The van der Waals surface area contributed by atoms with Gasteiger partial charge in [0.1, 0.15) is 11.9 Å². The lowest BCUT2D eigenvalue weighted by Gasteiger charge is -2.32. The van der Waals surface area contributed by atoms with Crippen LogP contribution < -0.4 is 5.32 Å². The Morgan fingerprint density at radius 1 is 1.13 bits per heavy atom. The van der Waals surface area contributed by atoms with Gasteiger partial charge in [0.05, 0.1) is 0 Å². The minimum Gasteiger partial charge on any atom is -0.338 e. The molecule has 1 N–H and O–H groups in total. The molecule has 0 aromatic heterocycles. The fraction of sp³-hybridized carbons (Fsp3) is 0.667. The fourth-order valence-electron chi connectivity index (χ4n) is 4.85. The average molecular weight is 431 g/mol. The Morgan fingerprint density at radius 2 is 1.81 bits per heavy atom. The van der Waals surface area contributed by atoms with Gasteiger partial charge in [-0.1, -0.05) is 26.0 Å². The molecule has 2 atom stereocenters. The highest BCUT2D eigenvalue weighted by atomic mass is 19.1. The van der Waals surface area contributed by atoms with Crippen molar-refractivity contribution in [2.75, 3.05) is 39.3 Å². The highest BCUT2D eigenvalue weighted by molar-refractivity contribution is 5.90. The Balaban J connectivity index is 1.52. The predicted molar refractivity (Wildman–Crippen MR) is 118 cm³/mol. The van der Waals surface area contributed by atoms with E-state index in [-0.39, 0.29) is 35.6 Å². The van der Waals surface area contributed by atoms with E-state index in [0.29, 0.717) is 38.5 Å². The van der Waals surface area contributed by atoms with Gasteiger partial charge in [0.15, 0.2) is 0 Å². The molecule has 170 valence electrons. The van der Waals surface area contributed by atoms with Crippen molar-refractivity contribution in [3.8, 4) is 0 Å². The van der Waals surface area contributed by atoms with Gasteiger partial charge >= 0.3 is 0 Å². The molecular weight excluding hydrogens is 395 g/mol. The second kappa shape index (κ2) is 9.65. The number of likely N-dealkylation sites (tertiary alicyclic amines) is 1. The third-order valence-electron chi connectivity index (χ3n) is 6.62. The molecule has 1 saturated carbocycles. The molecule has 1 aliphatic carbocycles. The normalized spacial score (nSPS) is 24.3. The van der Waals surface area contributed by atoms with E-state index in [4.69, 9.17) is 0 Å². The van der Waals surface area contributed by atoms with Gasteiger partial charge in [-0.15, -0.1) is 0 Å². The van der Waals surface area contributed by atoms with E-state index in [1.807, 2.05) is 21.9 Å². The van der Waals surface area contributed by atoms with E-state index in [2.05, 4.69) is 24.1 Å². The van der Waals surface area contributed by atoms with Crippen molar-refractivity contribution in [2.24, 2.45) is 11.8 Å². The maximum atomic E-state index is 13.4. The van der Waals surface area contributed by atoms with Crippen molar-refractivity contribution in [1.29, 1.82) is 0 Å². The lowest BCUT2D eigenvalue weighted by atomic mass is 10.1. The molecule has 4 rings (SSSR count). The van der Waals surface area contributed by atoms with Crippen LogP contribution in [0.3, 0.4) is 0 Å². The van der Waals surface area contributed by atoms with Crippen molar-refractivity contribution in [2.45, 2.75) is 51.7 Å². The molecule has 0 radical (unpaired) electrons. The summed E-state index contributed by atoms with van der Waals surface area (Å²) in [4.78, 5) is 32.6. The summed E-state index contributed by atoms with van der Waals surface area (Å²) in [5.74, 6) is 0.582. The molecule has 2 aliphatic heterocycles. The van der Waals surface area contributed by atoms with Crippen LogP contribution in [0.5, 0.6) is 0 Å². The Hall–Kier alpha value is -1.99. The lowest BCUT2D eigenvalue weighted by molar-refractivity contribution is -0.144. The largest absolute Gasteiger partial charge is 0.338 e. The van der Waals surface area contributed by atoms with Crippen molar-refractivity contribution in [3.05, 3.63) is 35.6 Å². The molecule has 2 saturated heterocycles. The van der Waals surface area contributed by atoms with Crippen LogP contribution in [-0.4, -0.2) is 77.9 Å². The zero-order chi connectivity index (χ0) is 22.0. The molecule has 3 fully saturated rings. The van der Waals surface area contributed by atoms with Crippen LogP contribution in [0.2, 0.25) is 0 Å². The van der Waals surface area contributed by atoms with E-state index in [1.54, 1.807) is 0 Å². The quantitative estimate of drug-likeness (QED) is 0.720. The molecule has 7 heteroatoms. The minimum atomic E-state index is -0.362. The summed E-state index contributed by atoms with van der Waals surface area (Å²) < 4.78 is 13.4. The molecule has 3 aliphatic rings. The third kappa shape index (κ3) is 5.44. The summed E-state index contributed by atoms with van der Waals surface area (Å²) in [7, 11) is 0. The first-order valence-corrected chi connectivity index (χ1v) is 11.7. The smallest absolute Gasteiger partial charge is 0.245 e. The molecule has 0 spiro atoms. The molecule has 2 unspecified atom stereocenters. The van der Waals surface area contributed by atoms with E-state index in [1.165, 1.54) is 12.1 Å². The number of amides is 2. The van der Waals surface area contributed by atoms with Crippen LogP contribution in [0.1, 0.15) is 38.7 Å². The summed E-state index contributed by atoms with van der Waals surface area (Å²) in [6.45, 7) is 9.57. The van der Waals surface area contributed by atoms with Crippen LogP contribution in [0, 0.1) is 17.7 Å². The monoisotopic (exact) mass is 430 g/mol. The molecule has 2 heterocycles. The number of nitrogens with one attached hydrogen (secondary N) is 1. The molecule has 31 heavy (non-hydrogen) atoms. The third-order valence-corrected chi connectivity index (χ3v) is 6.62. The number of carbonyl (C=O) groups is 2. The molecule has 2 amide bonds. The number of hydrogen-bond donors (Lipinski definition) is 1. The van der Waals surface area contributed by atoms with Gasteiger partial charge in [-0.05, 0) is 42.9 Å². The van der Waals surface area contributed by atoms with Gasteiger partial charge in [0.2, 0.25) is 11.8 Å². The Morgan fingerprint density at radius 3 is 2.42 bits per heavy atom. The molecular formula is C24H35FN4O2. The van der Waals surface area contributed by atoms with Gasteiger partial charge < -0.3 is 15.1 Å². The van der Waals surface area contributed by atoms with Crippen molar-refractivity contribution in [1.82, 2.24) is 20.0 Å². The fourth-order valence-corrected chi connectivity index (χ4v) is 4.85.